The summed E-state index contributed by atoms with van der Waals surface area (Å²) in [5, 5.41) is 13.6. The van der Waals surface area contributed by atoms with Crippen LogP contribution >= 0.6 is 11.6 Å². The topological polar surface area (TPSA) is 74.8 Å². The fourth-order valence-corrected chi connectivity index (χ4v) is 1.66. The fourth-order valence-electron chi connectivity index (χ4n) is 1.48. The van der Waals surface area contributed by atoms with Gasteiger partial charge in [-0.3, -0.25) is 4.79 Å². The molecule has 0 fully saturated rings. The minimum Gasteiger partial charge on any atom is -0.506 e. The first kappa shape index (κ1) is 13.2. The SMILES string of the molecule is Cc1occc1C(=O)N/N=C\c1cccc(Cl)c1O. The maximum Gasteiger partial charge on any atom is 0.274 e. The number of hydrazone groups is 1. The lowest BCUT2D eigenvalue weighted by molar-refractivity contribution is 0.0953. The zero-order chi connectivity index (χ0) is 13.8. The number of carbonyl (C=O) groups is 1. The van der Waals surface area contributed by atoms with Crippen molar-refractivity contribution in [3.8, 4) is 5.75 Å². The molecule has 2 rings (SSSR count). The number of furan rings is 1. The van der Waals surface area contributed by atoms with E-state index in [4.69, 9.17) is 16.0 Å². The van der Waals surface area contributed by atoms with Gasteiger partial charge in [-0.15, -0.1) is 0 Å². The molecule has 0 atom stereocenters. The van der Waals surface area contributed by atoms with E-state index in [0.29, 0.717) is 16.9 Å². The first-order valence-corrected chi connectivity index (χ1v) is 5.82. The van der Waals surface area contributed by atoms with Gasteiger partial charge in [0.15, 0.2) is 0 Å². The number of hydrogen-bond acceptors (Lipinski definition) is 4. The van der Waals surface area contributed by atoms with Gasteiger partial charge in [0.2, 0.25) is 0 Å². The van der Waals surface area contributed by atoms with Gasteiger partial charge < -0.3 is 9.52 Å². The Hall–Kier alpha value is -2.27. The Bertz CT molecular complexity index is 635. The Morgan fingerprint density at radius 1 is 1.47 bits per heavy atom. The van der Waals surface area contributed by atoms with Crippen LogP contribution in [0.25, 0.3) is 0 Å². The van der Waals surface area contributed by atoms with Crippen molar-refractivity contribution in [1.82, 2.24) is 5.43 Å². The maximum atomic E-state index is 11.7. The lowest BCUT2D eigenvalue weighted by Gasteiger charge is -2.00. The largest absolute Gasteiger partial charge is 0.506 e. The molecule has 19 heavy (non-hydrogen) atoms. The number of hydrogen-bond donors (Lipinski definition) is 2. The molecule has 1 aromatic heterocycles. The zero-order valence-corrected chi connectivity index (χ0v) is 10.8. The molecule has 0 aliphatic rings. The van der Waals surface area contributed by atoms with Crippen LogP contribution in [-0.2, 0) is 0 Å². The zero-order valence-electron chi connectivity index (χ0n) is 10.1. The highest BCUT2D eigenvalue weighted by molar-refractivity contribution is 6.32. The summed E-state index contributed by atoms with van der Waals surface area (Å²) in [5.74, 6) is 0.0453. The Kier molecular flexibility index (Phi) is 3.87. The second-order valence-electron chi connectivity index (χ2n) is 3.77. The van der Waals surface area contributed by atoms with Gasteiger partial charge in [-0.1, -0.05) is 17.7 Å². The van der Waals surface area contributed by atoms with Crippen molar-refractivity contribution in [3.05, 3.63) is 52.4 Å². The van der Waals surface area contributed by atoms with E-state index in [9.17, 15) is 9.90 Å². The van der Waals surface area contributed by atoms with Crippen LogP contribution in [0.4, 0.5) is 0 Å². The summed E-state index contributed by atoms with van der Waals surface area (Å²) in [6, 6.07) is 6.41. The lowest BCUT2D eigenvalue weighted by Crippen LogP contribution is -2.17. The normalized spacial score (nSPS) is 10.8. The third-order valence-electron chi connectivity index (χ3n) is 2.49. The number of nitrogens with one attached hydrogen (secondary N) is 1. The molecule has 0 saturated carbocycles. The summed E-state index contributed by atoms with van der Waals surface area (Å²) in [4.78, 5) is 11.7. The third kappa shape index (κ3) is 2.95. The highest BCUT2D eigenvalue weighted by Gasteiger charge is 2.10. The van der Waals surface area contributed by atoms with Gasteiger partial charge in [0.1, 0.15) is 11.5 Å². The first-order valence-electron chi connectivity index (χ1n) is 5.44. The van der Waals surface area contributed by atoms with Gasteiger partial charge in [-0.2, -0.15) is 5.10 Å². The number of carbonyl (C=O) groups excluding carboxylic acids is 1. The number of phenolic OH excluding ortho intramolecular Hbond substituents is 1. The van der Waals surface area contributed by atoms with Crippen molar-refractivity contribution in [2.24, 2.45) is 5.10 Å². The number of aromatic hydroxyl groups is 1. The van der Waals surface area contributed by atoms with Crippen molar-refractivity contribution < 1.29 is 14.3 Å². The molecule has 0 radical (unpaired) electrons. The molecule has 98 valence electrons. The number of benzene rings is 1. The summed E-state index contributed by atoms with van der Waals surface area (Å²) in [6.45, 7) is 1.68. The molecule has 0 saturated heterocycles. The van der Waals surface area contributed by atoms with Crippen molar-refractivity contribution in [2.45, 2.75) is 6.92 Å². The number of nitrogens with zero attached hydrogens (tertiary/aromatic N) is 1. The number of aryl methyl sites for hydroxylation is 1. The van der Waals surface area contributed by atoms with Crippen molar-refractivity contribution in [1.29, 1.82) is 0 Å². The fraction of sp³-hybridized carbons (Fsp3) is 0.0769. The molecular formula is C13H11ClN2O3. The minimum atomic E-state index is -0.385. The molecule has 0 aliphatic carbocycles. The van der Waals surface area contributed by atoms with E-state index >= 15 is 0 Å². The van der Waals surface area contributed by atoms with Crippen molar-refractivity contribution in [3.63, 3.8) is 0 Å². The van der Waals surface area contributed by atoms with Gasteiger partial charge >= 0.3 is 0 Å². The second-order valence-corrected chi connectivity index (χ2v) is 4.17. The molecule has 6 heteroatoms. The van der Waals surface area contributed by atoms with Crippen LogP contribution in [0.5, 0.6) is 5.75 Å². The third-order valence-corrected chi connectivity index (χ3v) is 2.80. The van der Waals surface area contributed by atoms with E-state index < -0.39 is 0 Å². The van der Waals surface area contributed by atoms with Crippen molar-refractivity contribution in [2.75, 3.05) is 0 Å². The predicted octanol–water partition coefficient (Wildman–Crippen LogP) is 2.71. The number of halogens is 1. The van der Waals surface area contributed by atoms with E-state index in [1.807, 2.05) is 0 Å². The number of amides is 1. The molecule has 1 aromatic carbocycles. The smallest absolute Gasteiger partial charge is 0.274 e. The predicted molar refractivity (Wildman–Crippen MR) is 71.6 cm³/mol. The molecule has 1 amide bonds. The van der Waals surface area contributed by atoms with Crippen LogP contribution < -0.4 is 5.43 Å². The minimum absolute atomic E-state index is 0.0818. The van der Waals surface area contributed by atoms with E-state index in [0.717, 1.165) is 0 Å². The molecule has 0 spiro atoms. The highest BCUT2D eigenvalue weighted by Crippen LogP contribution is 2.25. The average molecular weight is 279 g/mol. The Morgan fingerprint density at radius 2 is 2.26 bits per heavy atom. The summed E-state index contributed by atoms with van der Waals surface area (Å²) in [5.41, 5.74) is 3.16. The summed E-state index contributed by atoms with van der Waals surface area (Å²) >= 11 is 5.75. The van der Waals surface area contributed by atoms with E-state index in [2.05, 4.69) is 10.5 Å². The molecule has 2 N–H and O–H groups in total. The van der Waals surface area contributed by atoms with Crippen LogP contribution in [-0.4, -0.2) is 17.2 Å². The quantitative estimate of drug-likeness (QED) is 0.669. The van der Waals surface area contributed by atoms with E-state index in [1.165, 1.54) is 12.5 Å². The van der Waals surface area contributed by atoms with E-state index in [1.54, 1.807) is 31.2 Å². The molecule has 5 nitrogen and oxygen atoms in total. The Morgan fingerprint density at radius 3 is 2.95 bits per heavy atom. The first-order chi connectivity index (χ1) is 9.09. The average Bonchev–Trinajstić information content (AvgIpc) is 2.81. The van der Waals surface area contributed by atoms with Crippen LogP contribution in [0, 0.1) is 6.92 Å². The van der Waals surface area contributed by atoms with Gasteiger partial charge in [-0.05, 0) is 25.1 Å². The molecule has 2 aromatic rings. The van der Waals surface area contributed by atoms with Crippen LogP contribution in [0.3, 0.4) is 0 Å². The number of phenols is 1. The van der Waals surface area contributed by atoms with Crippen LogP contribution in [0.2, 0.25) is 5.02 Å². The lowest BCUT2D eigenvalue weighted by atomic mass is 10.2. The number of para-hydroxylation sites is 1. The van der Waals surface area contributed by atoms with Gasteiger partial charge in [0, 0.05) is 5.56 Å². The summed E-state index contributed by atoms with van der Waals surface area (Å²) < 4.78 is 5.01. The molecule has 0 unspecified atom stereocenters. The monoisotopic (exact) mass is 278 g/mol. The van der Waals surface area contributed by atoms with Gasteiger partial charge in [-0.25, -0.2) is 5.43 Å². The standard InChI is InChI=1S/C13H11ClN2O3/c1-8-10(5-6-19-8)13(18)16-15-7-9-3-2-4-11(14)12(9)17/h2-7,17H,1H3,(H,16,18)/b15-7-. The summed E-state index contributed by atoms with van der Waals surface area (Å²) in [6.07, 6.45) is 2.74. The van der Waals surface area contributed by atoms with Crippen LogP contribution in [0.1, 0.15) is 21.7 Å². The highest BCUT2D eigenvalue weighted by atomic mass is 35.5. The Labute approximate surface area is 114 Å². The molecule has 0 bridgehead atoms. The summed E-state index contributed by atoms with van der Waals surface area (Å²) in [7, 11) is 0. The molecule has 0 aliphatic heterocycles. The van der Waals surface area contributed by atoms with Gasteiger partial charge in [0.05, 0.1) is 23.1 Å². The van der Waals surface area contributed by atoms with Crippen LogP contribution in [0.15, 0.2) is 40.0 Å². The van der Waals surface area contributed by atoms with E-state index in [-0.39, 0.29) is 16.7 Å². The molecular weight excluding hydrogens is 268 g/mol. The van der Waals surface area contributed by atoms with Gasteiger partial charge in [0.25, 0.3) is 5.91 Å². The second kappa shape index (κ2) is 5.58. The molecule has 1 heterocycles. The number of rotatable bonds is 3. The Balaban J connectivity index is 2.07. The maximum absolute atomic E-state index is 11.7. The van der Waals surface area contributed by atoms with Crippen molar-refractivity contribution >= 4 is 23.7 Å².